The SMILES string of the molecule is Cc1cc(NC(=O)CCN2CCC[C@H]2c2cccn2C)no1. The highest BCUT2D eigenvalue weighted by Crippen LogP contribution is 2.31. The average Bonchev–Trinajstić information content (AvgIpc) is 3.18. The fourth-order valence-electron chi connectivity index (χ4n) is 3.13. The molecule has 0 saturated carbocycles. The van der Waals surface area contributed by atoms with Crippen LogP contribution in [0.25, 0.3) is 0 Å². The number of rotatable bonds is 5. The van der Waals surface area contributed by atoms with Crippen molar-refractivity contribution < 1.29 is 9.32 Å². The molecule has 3 heterocycles. The Kier molecular flexibility index (Phi) is 4.29. The standard InChI is InChI=1S/C16H22N4O2/c1-12-11-15(18-22-12)17-16(21)7-10-20-9-4-6-14(20)13-5-3-8-19(13)2/h3,5,8,11,14H,4,6-7,9-10H2,1-2H3,(H,17,18,21)/t14-/m0/s1. The van der Waals surface area contributed by atoms with Crippen LogP contribution in [0, 0.1) is 6.92 Å². The lowest BCUT2D eigenvalue weighted by molar-refractivity contribution is -0.116. The first-order chi connectivity index (χ1) is 10.6. The van der Waals surface area contributed by atoms with Crippen LogP contribution in [0.5, 0.6) is 0 Å². The molecule has 6 nitrogen and oxygen atoms in total. The minimum atomic E-state index is -0.0224. The first-order valence-corrected chi connectivity index (χ1v) is 7.72. The van der Waals surface area contributed by atoms with Gasteiger partial charge in [0.2, 0.25) is 5.91 Å². The van der Waals surface area contributed by atoms with E-state index in [1.54, 1.807) is 13.0 Å². The summed E-state index contributed by atoms with van der Waals surface area (Å²) in [6.45, 7) is 3.61. The molecule has 1 fully saturated rings. The second-order valence-electron chi connectivity index (χ2n) is 5.86. The minimum absolute atomic E-state index is 0.0224. The molecule has 0 unspecified atom stereocenters. The topological polar surface area (TPSA) is 63.3 Å². The van der Waals surface area contributed by atoms with Crippen molar-refractivity contribution in [1.82, 2.24) is 14.6 Å². The first-order valence-electron chi connectivity index (χ1n) is 7.72. The summed E-state index contributed by atoms with van der Waals surface area (Å²) in [4.78, 5) is 14.4. The number of anilines is 1. The highest BCUT2D eigenvalue weighted by atomic mass is 16.5. The van der Waals surface area contributed by atoms with Gasteiger partial charge >= 0.3 is 0 Å². The Labute approximate surface area is 130 Å². The number of aryl methyl sites for hydroxylation is 2. The summed E-state index contributed by atoms with van der Waals surface area (Å²) in [5, 5.41) is 6.55. The number of carbonyl (C=O) groups is 1. The Morgan fingerprint density at radius 3 is 3.09 bits per heavy atom. The molecule has 1 atom stereocenters. The number of nitrogens with one attached hydrogen (secondary N) is 1. The Morgan fingerprint density at radius 1 is 1.55 bits per heavy atom. The van der Waals surface area contributed by atoms with E-state index in [0.717, 1.165) is 19.5 Å². The molecule has 6 heteroatoms. The quantitative estimate of drug-likeness (QED) is 0.921. The predicted octanol–water partition coefficient (Wildman–Crippen LogP) is 2.49. The number of aromatic nitrogens is 2. The first kappa shape index (κ1) is 14.8. The van der Waals surface area contributed by atoms with Crippen molar-refractivity contribution in [3.05, 3.63) is 35.9 Å². The third kappa shape index (κ3) is 3.22. The molecule has 2 aromatic rings. The third-order valence-corrected chi connectivity index (χ3v) is 4.21. The van der Waals surface area contributed by atoms with Gasteiger partial charge in [-0.3, -0.25) is 9.69 Å². The van der Waals surface area contributed by atoms with Crippen molar-refractivity contribution in [3.63, 3.8) is 0 Å². The fraction of sp³-hybridized carbons (Fsp3) is 0.500. The van der Waals surface area contributed by atoms with Gasteiger partial charge in [0.05, 0.1) is 6.04 Å². The Balaban J connectivity index is 1.54. The zero-order chi connectivity index (χ0) is 15.5. The predicted molar refractivity (Wildman–Crippen MR) is 83.4 cm³/mol. The number of carbonyl (C=O) groups excluding carboxylic acids is 1. The van der Waals surface area contributed by atoms with E-state index in [1.807, 2.05) is 0 Å². The Morgan fingerprint density at radius 2 is 2.41 bits per heavy atom. The number of hydrogen-bond donors (Lipinski definition) is 1. The van der Waals surface area contributed by atoms with Crippen LogP contribution in [-0.4, -0.2) is 33.6 Å². The second kappa shape index (κ2) is 6.36. The molecule has 1 N–H and O–H groups in total. The molecule has 1 aliphatic rings. The van der Waals surface area contributed by atoms with E-state index in [4.69, 9.17) is 4.52 Å². The lowest BCUT2D eigenvalue weighted by Gasteiger charge is -2.24. The van der Waals surface area contributed by atoms with Gasteiger partial charge in [-0.05, 0) is 38.4 Å². The molecule has 1 saturated heterocycles. The summed E-state index contributed by atoms with van der Waals surface area (Å²) in [6.07, 6.45) is 4.88. The van der Waals surface area contributed by atoms with E-state index in [-0.39, 0.29) is 5.91 Å². The lowest BCUT2D eigenvalue weighted by Crippen LogP contribution is -2.28. The molecule has 0 spiro atoms. The summed E-state index contributed by atoms with van der Waals surface area (Å²) < 4.78 is 7.11. The summed E-state index contributed by atoms with van der Waals surface area (Å²) in [7, 11) is 2.07. The van der Waals surface area contributed by atoms with E-state index in [2.05, 4.69) is 45.3 Å². The maximum atomic E-state index is 12.0. The van der Waals surface area contributed by atoms with E-state index in [9.17, 15) is 4.79 Å². The average molecular weight is 302 g/mol. The highest BCUT2D eigenvalue weighted by Gasteiger charge is 2.27. The third-order valence-electron chi connectivity index (χ3n) is 4.21. The van der Waals surface area contributed by atoms with Crippen LogP contribution < -0.4 is 5.32 Å². The summed E-state index contributed by atoms with van der Waals surface area (Å²) in [5.41, 5.74) is 1.32. The van der Waals surface area contributed by atoms with Gasteiger partial charge in [-0.25, -0.2) is 0 Å². The van der Waals surface area contributed by atoms with Crippen LogP contribution in [0.3, 0.4) is 0 Å². The van der Waals surface area contributed by atoms with E-state index < -0.39 is 0 Å². The van der Waals surface area contributed by atoms with Gasteiger partial charge in [0.25, 0.3) is 0 Å². The molecular formula is C16H22N4O2. The van der Waals surface area contributed by atoms with Gasteiger partial charge in [-0.1, -0.05) is 5.16 Å². The van der Waals surface area contributed by atoms with Crippen molar-refractivity contribution in [1.29, 1.82) is 0 Å². The zero-order valence-corrected chi connectivity index (χ0v) is 13.1. The number of likely N-dealkylation sites (tertiary alicyclic amines) is 1. The van der Waals surface area contributed by atoms with Crippen molar-refractivity contribution in [2.75, 3.05) is 18.4 Å². The van der Waals surface area contributed by atoms with Gasteiger partial charge in [0, 0.05) is 38.0 Å². The fourth-order valence-corrected chi connectivity index (χ4v) is 3.13. The number of amides is 1. The van der Waals surface area contributed by atoms with Gasteiger partial charge in [-0.15, -0.1) is 0 Å². The number of hydrogen-bond acceptors (Lipinski definition) is 4. The largest absolute Gasteiger partial charge is 0.360 e. The normalized spacial score (nSPS) is 18.7. The maximum absolute atomic E-state index is 12.0. The molecule has 0 radical (unpaired) electrons. The number of nitrogens with zero attached hydrogens (tertiary/aromatic N) is 3. The molecule has 0 aliphatic carbocycles. The van der Waals surface area contributed by atoms with Crippen molar-refractivity contribution in [3.8, 4) is 0 Å². The molecule has 3 rings (SSSR count). The summed E-state index contributed by atoms with van der Waals surface area (Å²) in [5.74, 6) is 1.16. The summed E-state index contributed by atoms with van der Waals surface area (Å²) in [6, 6.07) is 6.38. The molecule has 1 aliphatic heterocycles. The molecule has 2 aromatic heterocycles. The second-order valence-corrected chi connectivity index (χ2v) is 5.86. The molecule has 0 aromatic carbocycles. The van der Waals surface area contributed by atoms with Gasteiger partial charge in [0.1, 0.15) is 5.76 Å². The molecule has 1 amide bonds. The maximum Gasteiger partial charge on any atom is 0.226 e. The van der Waals surface area contributed by atoms with Gasteiger partial charge in [0.15, 0.2) is 5.82 Å². The zero-order valence-electron chi connectivity index (χ0n) is 13.1. The summed E-state index contributed by atoms with van der Waals surface area (Å²) >= 11 is 0. The van der Waals surface area contributed by atoms with Crippen LogP contribution in [-0.2, 0) is 11.8 Å². The molecular weight excluding hydrogens is 280 g/mol. The van der Waals surface area contributed by atoms with Crippen molar-refractivity contribution in [2.24, 2.45) is 7.05 Å². The lowest BCUT2D eigenvalue weighted by atomic mass is 10.1. The molecule has 22 heavy (non-hydrogen) atoms. The van der Waals surface area contributed by atoms with Crippen LogP contribution >= 0.6 is 0 Å². The molecule has 0 bridgehead atoms. The smallest absolute Gasteiger partial charge is 0.226 e. The molecule has 118 valence electrons. The highest BCUT2D eigenvalue weighted by molar-refractivity contribution is 5.89. The Hall–Kier alpha value is -2.08. The van der Waals surface area contributed by atoms with Crippen molar-refractivity contribution in [2.45, 2.75) is 32.2 Å². The van der Waals surface area contributed by atoms with E-state index >= 15 is 0 Å². The van der Waals surface area contributed by atoms with Crippen LogP contribution in [0.2, 0.25) is 0 Å². The monoisotopic (exact) mass is 302 g/mol. The van der Waals surface area contributed by atoms with E-state index in [1.165, 1.54) is 12.1 Å². The van der Waals surface area contributed by atoms with E-state index in [0.29, 0.717) is 24.0 Å². The van der Waals surface area contributed by atoms with Crippen molar-refractivity contribution >= 4 is 11.7 Å². The van der Waals surface area contributed by atoms with Gasteiger partial charge < -0.3 is 14.4 Å². The van der Waals surface area contributed by atoms with Crippen LogP contribution in [0.4, 0.5) is 5.82 Å². The van der Waals surface area contributed by atoms with Crippen LogP contribution in [0.1, 0.15) is 36.8 Å². The van der Waals surface area contributed by atoms with Gasteiger partial charge in [-0.2, -0.15) is 0 Å². The van der Waals surface area contributed by atoms with Crippen LogP contribution in [0.15, 0.2) is 28.9 Å². The Bertz CT molecular complexity index is 646. The minimum Gasteiger partial charge on any atom is -0.360 e.